The average molecular weight is 527 g/mol. The van der Waals surface area contributed by atoms with E-state index in [-0.39, 0.29) is 11.5 Å². The Labute approximate surface area is 226 Å². The second-order valence-corrected chi connectivity index (χ2v) is 15.9. The summed E-state index contributed by atoms with van der Waals surface area (Å²) < 4.78 is 18.9. The minimum Gasteiger partial charge on any atom is -0.321 e. The molecule has 4 aliphatic rings. The largest absolute Gasteiger partial charge is 0.359 e. The van der Waals surface area contributed by atoms with E-state index in [0.29, 0.717) is 10.7 Å². The number of fused-ring (bicyclic) bond motifs is 5. The van der Waals surface area contributed by atoms with Crippen molar-refractivity contribution >= 4 is 12.9 Å². The van der Waals surface area contributed by atoms with Crippen LogP contribution in [0.1, 0.15) is 105 Å². The summed E-state index contributed by atoms with van der Waals surface area (Å²) >= 11 is 0. The average Bonchev–Trinajstić information content (AvgIpc) is 3.22. The number of benzene rings is 1. The lowest BCUT2D eigenvalue weighted by Crippen LogP contribution is -2.51. The highest BCUT2D eigenvalue weighted by atomic mass is 31.2. The van der Waals surface area contributed by atoms with Gasteiger partial charge < -0.3 is 9.42 Å². The molecule has 0 radical (unpaired) electrons. The quantitative estimate of drug-likeness (QED) is 0.272. The van der Waals surface area contributed by atoms with Crippen molar-refractivity contribution in [2.24, 2.45) is 46.3 Å². The van der Waals surface area contributed by atoms with Gasteiger partial charge >= 0.3 is 7.60 Å². The molecule has 4 heteroatoms. The SMILES string of the molecule is CC(C)CCC[C@@H](C)[C@H]1CC[C@H]2[C@@H]3CC=C4C[C@@H](OP(=O)(O)c5ccccc5)CC[C@]4(C)[C@H]3CC[C@]12C. The Morgan fingerprint density at radius 2 is 1.76 bits per heavy atom. The van der Waals surface area contributed by atoms with Crippen LogP contribution in [0.3, 0.4) is 0 Å². The van der Waals surface area contributed by atoms with Crippen LogP contribution in [0.15, 0.2) is 42.0 Å². The molecule has 5 rings (SSSR count). The maximum atomic E-state index is 13.0. The van der Waals surface area contributed by atoms with Crippen LogP contribution in [-0.2, 0) is 9.09 Å². The lowest BCUT2D eigenvalue weighted by Gasteiger charge is -2.58. The normalized spacial score (nSPS) is 39.8. The van der Waals surface area contributed by atoms with Gasteiger partial charge in [0.25, 0.3) is 0 Å². The Kier molecular flexibility index (Phi) is 7.92. The van der Waals surface area contributed by atoms with Crippen molar-refractivity contribution in [1.82, 2.24) is 0 Å². The fraction of sp³-hybridized carbons (Fsp3) is 0.758. The molecule has 0 bridgehead atoms. The maximum absolute atomic E-state index is 13.0. The predicted octanol–water partition coefficient (Wildman–Crippen LogP) is 8.92. The van der Waals surface area contributed by atoms with E-state index < -0.39 is 7.60 Å². The minimum atomic E-state index is -3.79. The van der Waals surface area contributed by atoms with Crippen molar-refractivity contribution in [3.8, 4) is 0 Å². The standard InChI is InChI=1S/C33H51O3P/c1-23(2)10-9-11-24(3)29-16-17-30-28-15-14-25-22-26(36-37(34,35)27-12-7-6-8-13-27)18-20-32(25,4)31(28)19-21-33(29,30)5/h6-8,12-14,23-24,26,28-31H,9-11,15-22H2,1-5H3,(H,34,35)/t24-,26+,28+,29-,30+,31+,32+,33-/m1/s1. The van der Waals surface area contributed by atoms with E-state index in [0.717, 1.165) is 54.8 Å². The monoisotopic (exact) mass is 526 g/mol. The molecule has 4 aliphatic carbocycles. The molecule has 206 valence electrons. The van der Waals surface area contributed by atoms with Gasteiger partial charge in [0.1, 0.15) is 0 Å². The molecule has 3 saturated carbocycles. The Bertz CT molecular complexity index is 1020. The van der Waals surface area contributed by atoms with Crippen molar-refractivity contribution < 1.29 is 14.0 Å². The van der Waals surface area contributed by atoms with Gasteiger partial charge in [-0.15, -0.1) is 0 Å². The van der Waals surface area contributed by atoms with Crippen LogP contribution in [0.5, 0.6) is 0 Å². The van der Waals surface area contributed by atoms with Crippen molar-refractivity contribution in [1.29, 1.82) is 0 Å². The predicted molar refractivity (Wildman–Crippen MR) is 154 cm³/mol. The highest BCUT2D eigenvalue weighted by Crippen LogP contribution is 2.67. The summed E-state index contributed by atoms with van der Waals surface area (Å²) in [5, 5.41) is 0.404. The third kappa shape index (κ3) is 5.19. The second kappa shape index (κ2) is 10.6. The van der Waals surface area contributed by atoms with Crippen molar-refractivity contribution in [3.63, 3.8) is 0 Å². The maximum Gasteiger partial charge on any atom is 0.359 e. The zero-order valence-corrected chi connectivity index (χ0v) is 24.9. The second-order valence-electron chi connectivity index (χ2n) is 14.1. The van der Waals surface area contributed by atoms with E-state index in [1.165, 1.54) is 56.9 Å². The first-order valence-corrected chi connectivity index (χ1v) is 16.9. The topological polar surface area (TPSA) is 46.5 Å². The molecule has 0 amide bonds. The van der Waals surface area contributed by atoms with Crippen molar-refractivity contribution in [3.05, 3.63) is 42.0 Å². The zero-order valence-electron chi connectivity index (χ0n) is 24.0. The van der Waals surface area contributed by atoms with Crippen LogP contribution in [0.2, 0.25) is 0 Å². The highest BCUT2D eigenvalue weighted by Gasteiger charge is 2.59. The molecule has 0 spiro atoms. The summed E-state index contributed by atoms with van der Waals surface area (Å²) in [6.07, 6.45) is 16.1. The van der Waals surface area contributed by atoms with Crippen LogP contribution >= 0.6 is 7.60 Å². The van der Waals surface area contributed by atoms with E-state index in [1.807, 2.05) is 6.07 Å². The number of hydrogen-bond donors (Lipinski definition) is 1. The smallest absolute Gasteiger partial charge is 0.321 e. The fourth-order valence-electron chi connectivity index (χ4n) is 9.62. The molecule has 3 fully saturated rings. The summed E-state index contributed by atoms with van der Waals surface area (Å²) in [6, 6.07) is 8.89. The number of allylic oxidation sites excluding steroid dienone is 1. The van der Waals surface area contributed by atoms with E-state index >= 15 is 0 Å². The first-order chi connectivity index (χ1) is 17.5. The van der Waals surface area contributed by atoms with Gasteiger partial charge in [0.05, 0.1) is 11.4 Å². The Hall–Kier alpha value is -0.890. The van der Waals surface area contributed by atoms with E-state index in [1.54, 1.807) is 24.3 Å². The van der Waals surface area contributed by atoms with Crippen molar-refractivity contribution in [2.75, 3.05) is 0 Å². The lowest BCUT2D eigenvalue weighted by molar-refractivity contribution is -0.0561. The van der Waals surface area contributed by atoms with E-state index in [9.17, 15) is 9.46 Å². The molecule has 1 aromatic rings. The molecule has 0 aromatic heterocycles. The van der Waals surface area contributed by atoms with Crippen LogP contribution in [0.4, 0.5) is 0 Å². The van der Waals surface area contributed by atoms with Crippen LogP contribution in [-0.4, -0.2) is 11.0 Å². The van der Waals surface area contributed by atoms with Gasteiger partial charge in [-0.2, -0.15) is 0 Å². The van der Waals surface area contributed by atoms with E-state index in [4.69, 9.17) is 4.52 Å². The molecule has 1 N–H and O–H groups in total. The van der Waals surface area contributed by atoms with Gasteiger partial charge in [0.15, 0.2) is 0 Å². The summed E-state index contributed by atoms with van der Waals surface area (Å²) in [5.41, 5.74) is 2.26. The zero-order chi connectivity index (χ0) is 26.4. The first kappa shape index (κ1) is 27.7. The van der Waals surface area contributed by atoms with Gasteiger partial charge in [-0.1, -0.05) is 83.7 Å². The molecule has 0 aliphatic heterocycles. The highest BCUT2D eigenvalue weighted by molar-refractivity contribution is 7.61. The Morgan fingerprint density at radius 3 is 2.49 bits per heavy atom. The third-order valence-electron chi connectivity index (χ3n) is 11.6. The molecule has 1 aromatic carbocycles. The molecule has 0 saturated heterocycles. The van der Waals surface area contributed by atoms with Crippen LogP contribution < -0.4 is 5.30 Å². The Balaban J connectivity index is 1.27. The summed E-state index contributed by atoms with van der Waals surface area (Å²) in [7, 11) is -3.79. The van der Waals surface area contributed by atoms with Gasteiger partial charge in [-0.3, -0.25) is 4.57 Å². The molecule has 9 atom stereocenters. The van der Waals surface area contributed by atoms with Crippen LogP contribution in [0, 0.1) is 46.3 Å². The summed E-state index contributed by atoms with van der Waals surface area (Å²) in [6.45, 7) is 12.5. The molecule has 3 nitrogen and oxygen atoms in total. The summed E-state index contributed by atoms with van der Waals surface area (Å²) in [5.74, 6) is 5.00. The fourth-order valence-corrected chi connectivity index (χ4v) is 10.9. The molecular formula is C33H51O3P. The summed E-state index contributed by atoms with van der Waals surface area (Å²) in [4.78, 5) is 10.7. The number of rotatable bonds is 8. The lowest BCUT2D eigenvalue weighted by atomic mass is 9.47. The minimum absolute atomic E-state index is 0.164. The van der Waals surface area contributed by atoms with E-state index in [2.05, 4.69) is 40.7 Å². The molecular weight excluding hydrogens is 475 g/mol. The van der Waals surface area contributed by atoms with Gasteiger partial charge in [-0.25, -0.2) is 0 Å². The molecule has 0 heterocycles. The van der Waals surface area contributed by atoms with Gasteiger partial charge in [-0.05, 0) is 110 Å². The van der Waals surface area contributed by atoms with Crippen molar-refractivity contribution in [2.45, 2.75) is 111 Å². The molecule has 1 unspecified atom stereocenters. The number of hydrogen-bond acceptors (Lipinski definition) is 2. The molecule has 37 heavy (non-hydrogen) atoms. The Morgan fingerprint density at radius 1 is 1.00 bits per heavy atom. The third-order valence-corrected chi connectivity index (χ3v) is 13.2. The first-order valence-electron chi connectivity index (χ1n) is 15.3. The van der Waals surface area contributed by atoms with Gasteiger partial charge in [0.2, 0.25) is 0 Å². The van der Waals surface area contributed by atoms with Crippen LogP contribution in [0.25, 0.3) is 0 Å². The van der Waals surface area contributed by atoms with Gasteiger partial charge in [0, 0.05) is 0 Å².